The molecular weight excluding hydrogens is 656 g/mol. The molecule has 3 saturated carbocycles. The van der Waals surface area contributed by atoms with Crippen molar-refractivity contribution in [2.45, 2.75) is 77.9 Å². The van der Waals surface area contributed by atoms with Gasteiger partial charge in [0.15, 0.2) is 0 Å². The van der Waals surface area contributed by atoms with Gasteiger partial charge in [-0.1, -0.05) is 45.0 Å². The van der Waals surface area contributed by atoms with Gasteiger partial charge in [0, 0.05) is 74.8 Å². The summed E-state index contributed by atoms with van der Waals surface area (Å²) in [6, 6.07) is 16.8. The number of anilines is 1. The third kappa shape index (κ3) is 7.42. The summed E-state index contributed by atoms with van der Waals surface area (Å²) in [5.74, 6) is 1.34. The highest BCUT2D eigenvalue weighted by molar-refractivity contribution is 5.97. The first-order valence-corrected chi connectivity index (χ1v) is 18.6. The van der Waals surface area contributed by atoms with Gasteiger partial charge in [0.2, 0.25) is 5.91 Å². The molecule has 11 heteroatoms. The summed E-state index contributed by atoms with van der Waals surface area (Å²) < 4.78 is 6.09. The number of carbonyl (C=O) groups is 2. The Labute approximate surface area is 308 Å². The summed E-state index contributed by atoms with van der Waals surface area (Å²) in [7, 11) is 7.13. The van der Waals surface area contributed by atoms with Gasteiger partial charge in [-0.2, -0.15) is 5.06 Å². The molecule has 4 fully saturated rings. The van der Waals surface area contributed by atoms with E-state index in [9.17, 15) is 14.7 Å². The minimum atomic E-state index is -0.816. The van der Waals surface area contributed by atoms with Crippen LogP contribution in [0.2, 0.25) is 0 Å². The van der Waals surface area contributed by atoms with Crippen LogP contribution in [0.5, 0.6) is 5.75 Å². The van der Waals surface area contributed by atoms with Crippen LogP contribution in [-0.4, -0.2) is 86.1 Å². The predicted molar refractivity (Wildman–Crippen MR) is 203 cm³/mol. The molecule has 52 heavy (non-hydrogen) atoms. The van der Waals surface area contributed by atoms with Crippen LogP contribution in [0.1, 0.15) is 62.2 Å². The molecule has 1 aromatic heterocycles. The van der Waals surface area contributed by atoms with Crippen LogP contribution in [0.25, 0.3) is 11.1 Å². The van der Waals surface area contributed by atoms with Crippen molar-refractivity contribution >= 4 is 17.5 Å². The van der Waals surface area contributed by atoms with Gasteiger partial charge in [0.05, 0.1) is 31.6 Å². The van der Waals surface area contributed by atoms with E-state index in [1.807, 2.05) is 73.6 Å². The fraction of sp³-hybridized carbons (Fsp3) is 0.537. The summed E-state index contributed by atoms with van der Waals surface area (Å²) >= 11 is 0. The molecule has 4 N–H and O–H groups in total. The summed E-state index contributed by atoms with van der Waals surface area (Å²) in [6.45, 7) is 9.91. The summed E-state index contributed by atoms with van der Waals surface area (Å²) in [4.78, 5) is 40.3. The number of fused-ring (bicyclic) bond motifs is 2. The highest BCUT2D eigenvalue weighted by Crippen LogP contribution is 2.61. The van der Waals surface area contributed by atoms with Gasteiger partial charge in [-0.15, -0.1) is 0 Å². The number of nitrogens with zero attached hydrogens (tertiary/aromatic N) is 3. The number of amides is 2. The lowest BCUT2D eigenvalue weighted by atomic mass is 9.45. The van der Waals surface area contributed by atoms with Crippen molar-refractivity contribution in [1.82, 2.24) is 26.0 Å². The van der Waals surface area contributed by atoms with Crippen molar-refractivity contribution in [3.8, 4) is 16.9 Å². The average molecular weight is 713 g/mol. The maximum absolute atomic E-state index is 14.5. The number of hydrogen-bond acceptors (Lipinski definition) is 9. The number of rotatable bonds is 13. The Hall–Kier alpha value is -4.03. The number of hydroxylamine groups is 2. The normalized spacial score (nSPS) is 27.0. The Kier molecular flexibility index (Phi) is 11.3. The number of para-hydroxylation sites is 1. The quantitative estimate of drug-likeness (QED) is 0.201. The molecule has 0 unspecified atom stereocenters. The monoisotopic (exact) mass is 712 g/mol. The van der Waals surface area contributed by atoms with E-state index in [-0.39, 0.29) is 24.4 Å². The molecule has 0 radical (unpaired) electrons. The third-order valence-electron chi connectivity index (χ3n) is 12.1. The minimum Gasteiger partial charge on any atom is -0.496 e. The molecule has 4 aliphatic rings. The van der Waals surface area contributed by atoms with Crippen LogP contribution in [-0.2, 0) is 22.7 Å². The topological polar surface area (TPSA) is 128 Å². The van der Waals surface area contributed by atoms with Gasteiger partial charge in [0.1, 0.15) is 11.8 Å². The zero-order valence-corrected chi connectivity index (χ0v) is 31.8. The van der Waals surface area contributed by atoms with E-state index >= 15 is 0 Å². The van der Waals surface area contributed by atoms with E-state index in [1.165, 1.54) is 6.42 Å². The summed E-state index contributed by atoms with van der Waals surface area (Å²) in [5.41, 5.74) is 5.06. The molecule has 0 spiro atoms. The van der Waals surface area contributed by atoms with E-state index in [4.69, 9.17) is 9.57 Å². The SMILES string of the molecule is CNC(=O)c1cc(-c2cccc(CN3O[C@@H](CNCc4ccccn4)[C@@H]([C@H](C)O)[C@H]3C(=O)N[C@H]3C[C@H]4C[C@H]([C@@H]3C)C4(C)C)c2OC)cc(N(C)C)c1. The first-order valence-electron chi connectivity index (χ1n) is 18.6. The van der Waals surface area contributed by atoms with Crippen LogP contribution in [0.15, 0.2) is 60.8 Å². The van der Waals surface area contributed by atoms with Gasteiger partial charge in [-0.25, -0.2) is 0 Å². The number of nitrogens with one attached hydrogen (secondary N) is 3. The maximum atomic E-state index is 14.5. The first-order chi connectivity index (χ1) is 24.8. The number of aliphatic hydroxyl groups is 1. The van der Waals surface area contributed by atoms with Gasteiger partial charge < -0.3 is 30.7 Å². The maximum Gasteiger partial charge on any atom is 0.251 e. The second-order valence-corrected chi connectivity index (χ2v) is 15.7. The van der Waals surface area contributed by atoms with Crippen LogP contribution in [0.4, 0.5) is 5.69 Å². The molecule has 280 valence electrons. The molecule has 1 aliphatic heterocycles. The molecule has 3 aromatic rings. The van der Waals surface area contributed by atoms with Crippen molar-refractivity contribution in [2.24, 2.45) is 29.1 Å². The van der Waals surface area contributed by atoms with E-state index < -0.39 is 24.2 Å². The molecule has 3 aliphatic carbocycles. The van der Waals surface area contributed by atoms with E-state index in [0.29, 0.717) is 47.6 Å². The second kappa shape index (κ2) is 15.5. The lowest BCUT2D eigenvalue weighted by Gasteiger charge is -2.62. The van der Waals surface area contributed by atoms with Gasteiger partial charge in [-0.05, 0) is 78.8 Å². The molecule has 2 heterocycles. The predicted octanol–water partition coefficient (Wildman–Crippen LogP) is 4.64. The lowest BCUT2D eigenvalue weighted by Crippen LogP contribution is -2.62. The molecule has 2 aromatic carbocycles. The Bertz CT molecular complexity index is 1730. The van der Waals surface area contributed by atoms with E-state index in [1.54, 1.807) is 32.3 Å². The van der Waals surface area contributed by atoms with Gasteiger partial charge >= 0.3 is 0 Å². The van der Waals surface area contributed by atoms with Crippen molar-refractivity contribution < 1.29 is 24.3 Å². The molecule has 11 nitrogen and oxygen atoms in total. The Morgan fingerprint density at radius 3 is 2.56 bits per heavy atom. The first kappa shape index (κ1) is 37.7. The van der Waals surface area contributed by atoms with Crippen molar-refractivity contribution in [2.75, 3.05) is 39.7 Å². The summed E-state index contributed by atoms with van der Waals surface area (Å²) in [5, 5.41) is 22.7. The van der Waals surface area contributed by atoms with E-state index in [0.717, 1.165) is 34.5 Å². The standard InChI is InChI=1S/C41H56N6O5/c1-24-33-19-29(41(33,3)4)20-34(24)45-40(50)37-36(25(2)48)35(22-43-21-30-13-9-10-15-44-30)52-47(37)23-26-12-11-14-32(38(26)51-8)27-16-28(39(49)42-5)18-31(17-27)46(6)7/h9-18,24-25,29,33-37,43,48H,19-23H2,1-8H3,(H,42,49)(H,45,50)/t24-,25-,29+,33+,34-,35-,36+,37-/m0/s1. The van der Waals surface area contributed by atoms with Crippen molar-refractivity contribution in [1.29, 1.82) is 0 Å². The Morgan fingerprint density at radius 2 is 1.92 bits per heavy atom. The fourth-order valence-corrected chi connectivity index (χ4v) is 8.99. The zero-order chi connectivity index (χ0) is 37.3. The molecular formula is C41H56N6O5. The van der Waals surface area contributed by atoms with Crippen molar-refractivity contribution in [3.05, 3.63) is 77.6 Å². The minimum absolute atomic E-state index is 0.0680. The molecule has 2 amide bonds. The number of aliphatic hydroxyl groups excluding tert-OH is 1. The largest absolute Gasteiger partial charge is 0.496 e. The number of aromatic nitrogens is 1. The van der Waals surface area contributed by atoms with Crippen LogP contribution >= 0.6 is 0 Å². The fourth-order valence-electron chi connectivity index (χ4n) is 8.99. The summed E-state index contributed by atoms with van der Waals surface area (Å²) in [6.07, 6.45) is 2.65. The molecule has 7 rings (SSSR count). The van der Waals surface area contributed by atoms with E-state index in [2.05, 4.69) is 41.7 Å². The highest BCUT2D eigenvalue weighted by atomic mass is 16.7. The third-order valence-corrected chi connectivity index (χ3v) is 12.1. The average Bonchev–Trinajstić information content (AvgIpc) is 3.49. The number of ether oxygens (including phenoxy) is 1. The Morgan fingerprint density at radius 1 is 1.13 bits per heavy atom. The lowest BCUT2D eigenvalue weighted by molar-refractivity contribution is -0.176. The zero-order valence-electron chi connectivity index (χ0n) is 31.8. The number of methoxy groups -OCH3 is 1. The molecule has 1 saturated heterocycles. The van der Waals surface area contributed by atoms with Gasteiger partial charge in [0.25, 0.3) is 5.91 Å². The Balaban J connectivity index is 1.31. The number of carbonyl (C=O) groups excluding carboxylic acids is 2. The van der Waals surface area contributed by atoms with Crippen LogP contribution in [0.3, 0.4) is 0 Å². The molecule has 8 atom stereocenters. The number of hydrogen-bond donors (Lipinski definition) is 4. The smallest absolute Gasteiger partial charge is 0.251 e. The van der Waals surface area contributed by atoms with Crippen LogP contribution in [0, 0.1) is 29.1 Å². The van der Waals surface area contributed by atoms with Gasteiger partial charge in [-0.3, -0.25) is 19.4 Å². The van der Waals surface area contributed by atoms with Crippen molar-refractivity contribution in [3.63, 3.8) is 0 Å². The number of pyridine rings is 1. The molecule has 2 bridgehead atoms. The van der Waals surface area contributed by atoms with Crippen LogP contribution < -0.4 is 25.6 Å². The second-order valence-electron chi connectivity index (χ2n) is 15.7. The number of benzene rings is 2. The highest BCUT2D eigenvalue weighted by Gasteiger charge is 2.57.